The van der Waals surface area contributed by atoms with Crippen LogP contribution in [0.1, 0.15) is 131 Å². The summed E-state index contributed by atoms with van der Waals surface area (Å²) in [6.45, 7) is 11.8. The van der Waals surface area contributed by atoms with Crippen LogP contribution in [0.25, 0.3) is 0 Å². The molecule has 4 aliphatic carbocycles. The minimum absolute atomic E-state index is 0.0816. The van der Waals surface area contributed by atoms with E-state index in [4.69, 9.17) is 4.18 Å². The lowest BCUT2D eigenvalue weighted by Gasteiger charge is -2.59. The van der Waals surface area contributed by atoms with Crippen molar-refractivity contribution in [3.8, 4) is 0 Å². The molecule has 4 aliphatic rings. The van der Waals surface area contributed by atoms with Crippen LogP contribution < -0.4 is 0 Å². The predicted octanol–water partition coefficient (Wildman–Crippen LogP) is 9.72. The zero-order valence-electron chi connectivity index (χ0n) is 27.8. The van der Waals surface area contributed by atoms with Crippen molar-refractivity contribution in [1.29, 1.82) is 0 Å². The predicted molar refractivity (Wildman–Crippen MR) is 176 cm³/mol. The zero-order valence-corrected chi connectivity index (χ0v) is 28.6. The van der Waals surface area contributed by atoms with Gasteiger partial charge in [-0.3, -0.25) is 4.18 Å². The first kappa shape index (κ1) is 33.2. The molecule has 1 aromatic rings. The lowest BCUT2D eigenvalue weighted by molar-refractivity contribution is -0.0694. The number of hydrogen-bond donors (Lipinski definition) is 1. The molecule has 3 fully saturated rings. The Balaban J connectivity index is 1.46. The second kappa shape index (κ2) is 13.7. The van der Waals surface area contributed by atoms with Crippen LogP contribution in [-0.2, 0) is 14.3 Å². The average Bonchev–Trinajstić information content (AvgIpc) is 3.26. The summed E-state index contributed by atoms with van der Waals surface area (Å²) in [5, 5.41) is 10.7. The Morgan fingerprint density at radius 1 is 0.977 bits per heavy atom. The molecule has 9 atom stereocenters. The summed E-state index contributed by atoms with van der Waals surface area (Å²) in [6, 6.07) is 8.77. The molecule has 0 heterocycles. The van der Waals surface area contributed by atoms with Gasteiger partial charge in [-0.25, -0.2) is 0 Å². The summed E-state index contributed by atoms with van der Waals surface area (Å²) >= 11 is 0. The molecule has 1 unspecified atom stereocenters. The van der Waals surface area contributed by atoms with Crippen molar-refractivity contribution < 1.29 is 17.7 Å². The fourth-order valence-corrected chi connectivity index (χ4v) is 11.9. The number of fused-ring (bicyclic) bond motifs is 5. The summed E-state index contributed by atoms with van der Waals surface area (Å²) in [5.74, 6) is 3.03. The highest BCUT2D eigenvalue weighted by atomic mass is 32.2. The van der Waals surface area contributed by atoms with Crippen LogP contribution in [0.4, 0.5) is 0 Å². The number of allylic oxidation sites excluding steroid dienone is 1. The smallest absolute Gasteiger partial charge is 0.297 e. The zero-order chi connectivity index (χ0) is 30.8. The van der Waals surface area contributed by atoms with E-state index < -0.39 is 10.1 Å². The van der Waals surface area contributed by atoms with Crippen LogP contribution in [0.3, 0.4) is 0 Å². The van der Waals surface area contributed by atoms with E-state index in [0.29, 0.717) is 29.6 Å². The van der Waals surface area contributed by atoms with Gasteiger partial charge in [0, 0.05) is 0 Å². The van der Waals surface area contributed by atoms with Crippen LogP contribution in [0.15, 0.2) is 46.9 Å². The number of unbranched alkanes of at least 4 members (excludes halogenated alkanes) is 3. The molecular weight excluding hydrogens is 552 g/mol. The van der Waals surface area contributed by atoms with Crippen molar-refractivity contribution in [2.24, 2.45) is 46.3 Å². The number of aliphatic hydroxyl groups excluding tert-OH is 1. The van der Waals surface area contributed by atoms with E-state index in [1.165, 1.54) is 51.4 Å². The summed E-state index contributed by atoms with van der Waals surface area (Å²) < 4.78 is 33.6. The molecule has 1 aromatic carbocycles. The fourth-order valence-electron chi connectivity index (χ4n) is 10.7. The molecule has 0 aliphatic heterocycles. The van der Waals surface area contributed by atoms with E-state index in [1.807, 2.05) is 6.07 Å². The molecule has 0 aromatic heterocycles. The van der Waals surface area contributed by atoms with Gasteiger partial charge in [0.15, 0.2) is 0 Å². The standard InChI is InChI=1S/C38H60O4S/c1-6-7-8-12-22-38-24-20-30(39)25-29(38)18-19-32-33(38)21-23-37(5)34(32)26-35(36(37)28(4)15-13-14-27(2)3)42-43(40,41)31-16-10-9-11-17-31/h9-11,16-18,27-28,30,32-36,39H,6-8,12-15,19-26H2,1-5H3/t28-,30+,32-,33+,34+,35?,36+,37+,38+/m1/s1. The Hall–Kier alpha value is -1.17. The van der Waals surface area contributed by atoms with Gasteiger partial charge in [-0.2, -0.15) is 8.42 Å². The maximum Gasteiger partial charge on any atom is 0.297 e. The Morgan fingerprint density at radius 2 is 1.74 bits per heavy atom. The molecule has 5 heteroatoms. The summed E-state index contributed by atoms with van der Waals surface area (Å²) in [7, 11) is -3.84. The Bertz CT molecular complexity index is 1190. The van der Waals surface area contributed by atoms with Gasteiger partial charge in [0.1, 0.15) is 0 Å². The van der Waals surface area contributed by atoms with Gasteiger partial charge in [0.2, 0.25) is 0 Å². The molecule has 0 radical (unpaired) electrons. The summed E-state index contributed by atoms with van der Waals surface area (Å²) in [4.78, 5) is 0.274. The SMILES string of the molecule is CCCCCC[C@]12CC[C@H](O)CC1=CC[C@@H]1[C@@H]2CC[C@]2(C)[C@@H]([C@H](C)CCCC(C)C)C(OS(=O)(=O)c3ccccc3)C[C@@H]12. The van der Waals surface area contributed by atoms with Crippen LogP contribution in [0.5, 0.6) is 0 Å². The van der Waals surface area contributed by atoms with Crippen molar-refractivity contribution in [3.63, 3.8) is 0 Å². The molecule has 1 N–H and O–H groups in total. The van der Waals surface area contributed by atoms with E-state index in [2.05, 4.69) is 40.7 Å². The molecule has 43 heavy (non-hydrogen) atoms. The van der Waals surface area contributed by atoms with Gasteiger partial charge in [-0.1, -0.05) is 109 Å². The number of benzene rings is 1. The second-order valence-corrected chi connectivity index (χ2v) is 17.3. The monoisotopic (exact) mass is 612 g/mol. The largest absolute Gasteiger partial charge is 0.393 e. The molecule has 0 spiro atoms. The fraction of sp³-hybridized carbons (Fsp3) is 0.789. The summed E-state index contributed by atoms with van der Waals surface area (Å²) in [5.41, 5.74) is 1.87. The third kappa shape index (κ3) is 6.70. The highest BCUT2D eigenvalue weighted by Gasteiger charge is 2.63. The molecular formula is C38H60O4S. The van der Waals surface area contributed by atoms with Crippen LogP contribution in [-0.4, -0.2) is 25.7 Å². The van der Waals surface area contributed by atoms with E-state index >= 15 is 0 Å². The number of rotatable bonds is 13. The Labute approximate surface area is 263 Å². The number of hydrogen-bond acceptors (Lipinski definition) is 4. The van der Waals surface area contributed by atoms with Gasteiger partial charge >= 0.3 is 0 Å². The van der Waals surface area contributed by atoms with E-state index in [0.717, 1.165) is 44.9 Å². The lowest BCUT2D eigenvalue weighted by Crippen LogP contribution is -2.52. The highest BCUT2D eigenvalue weighted by Crippen LogP contribution is 2.69. The third-order valence-corrected chi connectivity index (χ3v) is 14.1. The van der Waals surface area contributed by atoms with Gasteiger partial charge < -0.3 is 5.11 Å². The maximum atomic E-state index is 13.6. The quantitative estimate of drug-likeness (QED) is 0.137. The topological polar surface area (TPSA) is 63.6 Å². The highest BCUT2D eigenvalue weighted by molar-refractivity contribution is 7.86. The van der Waals surface area contributed by atoms with E-state index in [1.54, 1.807) is 29.8 Å². The van der Waals surface area contributed by atoms with Crippen LogP contribution >= 0.6 is 0 Å². The maximum absolute atomic E-state index is 13.6. The molecule has 5 rings (SSSR count). The average molecular weight is 613 g/mol. The molecule has 242 valence electrons. The molecule has 0 bridgehead atoms. The van der Waals surface area contributed by atoms with E-state index in [-0.39, 0.29) is 33.9 Å². The minimum Gasteiger partial charge on any atom is -0.393 e. The third-order valence-electron chi connectivity index (χ3n) is 12.7. The molecule has 0 amide bonds. The van der Waals surface area contributed by atoms with Gasteiger partial charge in [0.05, 0.1) is 17.1 Å². The van der Waals surface area contributed by atoms with Crippen LogP contribution in [0.2, 0.25) is 0 Å². The molecule has 4 nitrogen and oxygen atoms in total. The van der Waals surface area contributed by atoms with Crippen molar-refractivity contribution >= 4 is 10.1 Å². The van der Waals surface area contributed by atoms with Crippen LogP contribution in [0, 0.1) is 46.3 Å². The van der Waals surface area contributed by atoms with Crippen molar-refractivity contribution in [2.45, 2.75) is 148 Å². The molecule has 0 saturated heterocycles. The van der Waals surface area contributed by atoms with Crippen molar-refractivity contribution in [2.75, 3.05) is 0 Å². The van der Waals surface area contributed by atoms with Crippen molar-refractivity contribution in [1.82, 2.24) is 0 Å². The number of aliphatic hydroxyl groups is 1. The first-order valence-electron chi connectivity index (χ1n) is 17.9. The van der Waals surface area contributed by atoms with Gasteiger partial charge in [-0.05, 0) is 110 Å². The molecule has 3 saturated carbocycles. The Kier molecular flexibility index (Phi) is 10.6. The van der Waals surface area contributed by atoms with Crippen molar-refractivity contribution in [3.05, 3.63) is 42.0 Å². The first-order valence-corrected chi connectivity index (χ1v) is 19.3. The Morgan fingerprint density at radius 3 is 2.47 bits per heavy atom. The minimum atomic E-state index is -3.84. The second-order valence-electron chi connectivity index (χ2n) is 15.7. The summed E-state index contributed by atoms with van der Waals surface area (Å²) in [6.07, 6.45) is 19.2. The lowest BCUT2D eigenvalue weighted by atomic mass is 9.45. The van der Waals surface area contributed by atoms with Gasteiger partial charge in [-0.15, -0.1) is 0 Å². The van der Waals surface area contributed by atoms with E-state index in [9.17, 15) is 13.5 Å². The first-order chi connectivity index (χ1) is 20.5. The normalized spacial score (nSPS) is 36.5. The van der Waals surface area contributed by atoms with Gasteiger partial charge in [0.25, 0.3) is 10.1 Å².